The third kappa shape index (κ3) is 6.21. The van der Waals surface area contributed by atoms with Crippen molar-refractivity contribution in [2.24, 2.45) is 0 Å². The van der Waals surface area contributed by atoms with Crippen molar-refractivity contribution in [3.05, 3.63) is 64.7 Å². The first-order valence-corrected chi connectivity index (χ1v) is 11.3. The summed E-state index contributed by atoms with van der Waals surface area (Å²) >= 11 is 7.29. The lowest BCUT2D eigenvalue weighted by Crippen LogP contribution is -2.15. The number of hydrogen-bond donors (Lipinski definition) is 1. The van der Waals surface area contributed by atoms with Crippen molar-refractivity contribution in [2.45, 2.75) is 45.0 Å². The van der Waals surface area contributed by atoms with Gasteiger partial charge in [0.15, 0.2) is 11.0 Å². The molecular weight excluding hydrogens is 439 g/mol. The van der Waals surface area contributed by atoms with Gasteiger partial charge in [0.2, 0.25) is 5.91 Å². The van der Waals surface area contributed by atoms with Crippen LogP contribution < -0.4 is 10.1 Å². The Morgan fingerprint density at radius 3 is 2.61 bits per heavy atom. The Hall–Kier alpha value is -2.58. The van der Waals surface area contributed by atoms with E-state index in [0.717, 1.165) is 5.69 Å². The minimum atomic E-state index is -0.429. The van der Waals surface area contributed by atoms with E-state index in [0.29, 0.717) is 29.2 Å². The van der Waals surface area contributed by atoms with Gasteiger partial charge in [-0.25, -0.2) is 4.39 Å². The number of nitrogens with one attached hydrogen (secondary N) is 1. The Morgan fingerprint density at radius 1 is 1.23 bits per heavy atom. The number of nitrogens with zero attached hydrogens (tertiary/aromatic N) is 3. The molecule has 0 radical (unpaired) electrons. The molecule has 1 heterocycles. The fourth-order valence-electron chi connectivity index (χ4n) is 2.86. The molecule has 164 valence electrons. The molecule has 0 atom stereocenters. The molecule has 0 aliphatic heterocycles. The highest BCUT2D eigenvalue weighted by Crippen LogP contribution is 2.26. The van der Waals surface area contributed by atoms with Crippen LogP contribution in [0.1, 0.15) is 38.1 Å². The zero-order valence-electron chi connectivity index (χ0n) is 17.6. The van der Waals surface area contributed by atoms with Crippen LogP contribution in [0.2, 0.25) is 5.02 Å². The Morgan fingerprint density at radius 2 is 1.97 bits per heavy atom. The molecule has 6 nitrogen and oxygen atoms in total. The van der Waals surface area contributed by atoms with Gasteiger partial charge in [-0.2, -0.15) is 0 Å². The summed E-state index contributed by atoms with van der Waals surface area (Å²) in [7, 11) is 0. The molecule has 1 amide bonds. The fourth-order valence-corrected chi connectivity index (χ4v) is 3.91. The van der Waals surface area contributed by atoms with Crippen LogP contribution in [0.5, 0.6) is 5.75 Å². The van der Waals surface area contributed by atoms with E-state index in [1.54, 1.807) is 0 Å². The number of amides is 1. The number of hydrogen-bond acceptors (Lipinski definition) is 5. The van der Waals surface area contributed by atoms with Gasteiger partial charge in [0, 0.05) is 12.2 Å². The number of carbonyl (C=O) groups excluding carboxylic acids is 1. The predicted molar refractivity (Wildman–Crippen MR) is 121 cm³/mol. The van der Waals surface area contributed by atoms with Crippen LogP contribution in [-0.2, 0) is 17.9 Å². The minimum absolute atomic E-state index is 0.121. The van der Waals surface area contributed by atoms with Crippen LogP contribution in [0, 0.1) is 5.82 Å². The molecule has 0 bridgehead atoms. The molecule has 1 N–H and O–H groups in total. The number of ether oxygens (including phenoxy) is 1. The van der Waals surface area contributed by atoms with E-state index in [1.807, 2.05) is 35.8 Å². The molecule has 3 rings (SSSR count). The Balaban J connectivity index is 1.56. The lowest BCUT2D eigenvalue weighted by molar-refractivity contribution is -0.113. The van der Waals surface area contributed by atoms with E-state index >= 15 is 0 Å². The molecule has 0 saturated carbocycles. The molecule has 1 aromatic heterocycles. The van der Waals surface area contributed by atoms with E-state index < -0.39 is 5.82 Å². The lowest BCUT2D eigenvalue weighted by atomic mass is 10.0. The van der Waals surface area contributed by atoms with Gasteiger partial charge in [0.1, 0.15) is 18.2 Å². The largest absolute Gasteiger partial charge is 0.484 e. The summed E-state index contributed by atoms with van der Waals surface area (Å²) in [6, 6.07) is 11.8. The average Bonchev–Trinajstić information content (AvgIpc) is 3.14. The van der Waals surface area contributed by atoms with Crippen LogP contribution in [0.3, 0.4) is 0 Å². The van der Waals surface area contributed by atoms with E-state index in [4.69, 9.17) is 16.3 Å². The predicted octanol–water partition coefficient (Wildman–Crippen LogP) is 5.52. The summed E-state index contributed by atoms with van der Waals surface area (Å²) in [4.78, 5) is 12.3. The standard InChI is InChI=1S/C22H24ClFN4O2S/c1-4-28-20(12-30-19-10-7-16(24)11-18(19)23)26-27-22(28)31-13-21(29)25-17-8-5-15(6-9-17)14(2)3/h5-11,14H,4,12-13H2,1-3H3,(H,25,29). The Bertz CT molecular complexity index is 1040. The summed E-state index contributed by atoms with van der Waals surface area (Å²) in [6.07, 6.45) is 0. The topological polar surface area (TPSA) is 69.0 Å². The van der Waals surface area contributed by atoms with Gasteiger partial charge in [0.25, 0.3) is 0 Å². The van der Waals surface area contributed by atoms with Crippen molar-refractivity contribution >= 4 is 35.0 Å². The molecule has 31 heavy (non-hydrogen) atoms. The first kappa shape index (κ1) is 23.1. The lowest BCUT2D eigenvalue weighted by Gasteiger charge is -2.10. The van der Waals surface area contributed by atoms with Crippen LogP contribution in [0.4, 0.5) is 10.1 Å². The highest BCUT2D eigenvalue weighted by atomic mass is 35.5. The summed E-state index contributed by atoms with van der Waals surface area (Å²) in [5.41, 5.74) is 1.98. The van der Waals surface area contributed by atoms with Gasteiger partial charge < -0.3 is 14.6 Å². The first-order valence-electron chi connectivity index (χ1n) is 9.90. The molecule has 0 unspecified atom stereocenters. The van der Waals surface area contributed by atoms with Gasteiger partial charge in [-0.15, -0.1) is 10.2 Å². The van der Waals surface area contributed by atoms with Gasteiger partial charge >= 0.3 is 0 Å². The van der Waals surface area contributed by atoms with E-state index in [2.05, 4.69) is 29.4 Å². The maximum atomic E-state index is 13.2. The summed E-state index contributed by atoms with van der Waals surface area (Å²) in [6.45, 7) is 6.95. The number of anilines is 1. The minimum Gasteiger partial charge on any atom is -0.484 e. The maximum absolute atomic E-state index is 13.2. The molecule has 0 spiro atoms. The number of halogens is 2. The summed E-state index contributed by atoms with van der Waals surface area (Å²) < 4.78 is 20.7. The fraction of sp³-hybridized carbons (Fsp3) is 0.318. The average molecular weight is 463 g/mol. The first-order chi connectivity index (χ1) is 14.9. The summed E-state index contributed by atoms with van der Waals surface area (Å²) in [5.74, 6) is 1.05. The maximum Gasteiger partial charge on any atom is 0.234 e. The van der Waals surface area contributed by atoms with Crippen LogP contribution in [0.25, 0.3) is 0 Å². The van der Waals surface area contributed by atoms with Crippen molar-refractivity contribution in [3.63, 3.8) is 0 Å². The van der Waals surface area contributed by atoms with Crippen molar-refractivity contribution in [3.8, 4) is 5.75 Å². The zero-order chi connectivity index (χ0) is 22.4. The zero-order valence-corrected chi connectivity index (χ0v) is 19.1. The molecule has 0 fully saturated rings. The number of benzene rings is 2. The van der Waals surface area contributed by atoms with Crippen LogP contribution in [-0.4, -0.2) is 26.4 Å². The van der Waals surface area contributed by atoms with E-state index in [-0.39, 0.29) is 23.3 Å². The van der Waals surface area contributed by atoms with Crippen molar-refractivity contribution in [1.29, 1.82) is 0 Å². The van der Waals surface area contributed by atoms with Crippen LogP contribution >= 0.6 is 23.4 Å². The van der Waals surface area contributed by atoms with E-state index in [9.17, 15) is 9.18 Å². The van der Waals surface area contributed by atoms with Crippen molar-refractivity contribution < 1.29 is 13.9 Å². The molecular formula is C22H24ClFN4O2S. The summed E-state index contributed by atoms with van der Waals surface area (Å²) in [5, 5.41) is 12.0. The third-order valence-electron chi connectivity index (χ3n) is 4.55. The number of carbonyl (C=O) groups is 1. The highest BCUT2D eigenvalue weighted by Gasteiger charge is 2.15. The molecule has 0 aliphatic rings. The monoisotopic (exact) mass is 462 g/mol. The van der Waals surface area contributed by atoms with Gasteiger partial charge in [-0.3, -0.25) is 4.79 Å². The van der Waals surface area contributed by atoms with Gasteiger partial charge in [-0.05, 0) is 48.7 Å². The quantitative estimate of drug-likeness (QED) is 0.424. The third-order valence-corrected chi connectivity index (χ3v) is 5.82. The van der Waals surface area contributed by atoms with E-state index in [1.165, 1.54) is 35.5 Å². The number of aromatic nitrogens is 3. The smallest absolute Gasteiger partial charge is 0.234 e. The van der Waals surface area contributed by atoms with Gasteiger partial charge in [0.05, 0.1) is 10.8 Å². The molecule has 9 heteroatoms. The normalized spacial score (nSPS) is 11.0. The van der Waals surface area contributed by atoms with Crippen LogP contribution in [0.15, 0.2) is 47.6 Å². The van der Waals surface area contributed by atoms with Crippen molar-refractivity contribution in [1.82, 2.24) is 14.8 Å². The highest BCUT2D eigenvalue weighted by molar-refractivity contribution is 7.99. The molecule has 2 aromatic carbocycles. The number of rotatable bonds is 9. The van der Waals surface area contributed by atoms with Crippen molar-refractivity contribution in [2.75, 3.05) is 11.1 Å². The Labute approximate surface area is 190 Å². The SMILES string of the molecule is CCn1c(COc2ccc(F)cc2Cl)nnc1SCC(=O)Nc1ccc(C(C)C)cc1. The second-order valence-corrected chi connectivity index (χ2v) is 8.47. The number of thioether (sulfide) groups is 1. The second-order valence-electron chi connectivity index (χ2n) is 7.12. The molecule has 0 saturated heterocycles. The Kier molecular flexibility index (Phi) is 7.92. The molecule has 0 aliphatic carbocycles. The second kappa shape index (κ2) is 10.6. The molecule has 3 aromatic rings. The van der Waals surface area contributed by atoms with Gasteiger partial charge in [-0.1, -0.05) is 49.3 Å².